The van der Waals surface area contributed by atoms with Crippen LogP contribution < -0.4 is 0 Å². The normalized spacial score (nSPS) is 10.5. The zero-order valence-electron chi connectivity index (χ0n) is 8.05. The lowest BCUT2D eigenvalue weighted by molar-refractivity contribution is 0.0581. The Hall–Kier alpha value is -0.790. The molecule has 0 spiro atoms. The number of carbonyl (C=O) groups excluding carboxylic acids is 1. The van der Waals surface area contributed by atoms with Crippen LogP contribution in [0.5, 0.6) is 0 Å². The molecule has 1 aromatic heterocycles. The van der Waals surface area contributed by atoms with Gasteiger partial charge in [-0.1, -0.05) is 0 Å². The van der Waals surface area contributed by atoms with E-state index < -0.39 is 12.4 Å². The van der Waals surface area contributed by atoms with Crippen LogP contribution in [-0.4, -0.2) is 18.1 Å². The number of nitrogens with zero attached hydrogens (tertiary/aromatic N) is 1. The van der Waals surface area contributed by atoms with Crippen LogP contribution in [0.15, 0.2) is 6.07 Å². The standard InChI is InChI=1S/C9H8F2INO2/c1-4-3-5(12)13-7(9(14)15-2)6(4)8(10)11/h3,8H,1-2H3. The van der Waals surface area contributed by atoms with Gasteiger partial charge in [0.15, 0.2) is 5.69 Å². The zero-order valence-corrected chi connectivity index (χ0v) is 10.2. The Morgan fingerprint density at radius 2 is 2.20 bits per heavy atom. The number of aromatic nitrogens is 1. The lowest BCUT2D eigenvalue weighted by atomic mass is 10.1. The summed E-state index contributed by atoms with van der Waals surface area (Å²) < 4.78 is 30.2. The van der Waals surface area contributed by atoms with Gasteiger partial charge in [0.05, 0.1) is 12.7 Å². The Kier molecular flexibility index (Phi) is 3.95. The molecule has 0 aliphatic carbocycles. The second-order valence-electron chi connectivity index (χ2n) is 2.82. The topological polar surface area (TPSA) is 39.2 Å². The molecule has 0 N–H and O–H groups in total. The largest absolute Gasteiger partial charge is 0.464 e. The highest BCUT2D eigenvalue weighted by molar-refractivity contribution is 14.1. The van der Waals surface area contributed by atoms with Crippen LogP contribution >= 0.6 is 22.6 Å². The van der Waals surface area contributed by atoms with E-state index in [9.17, 15) is 13.6 Å². The summed E-state index contributed by atoms with van der Waals surface area (Å²) in [6.45, 7) is 1.51. The first-order chi connectivity index (χ1) is 6.97. The second kappa shape index (κ2) is 4.82. The molecule has 0 radical (unpaired) electrons. The predicted octanol–water partition coefficient (Wildman–Crippen LogP) is 2.72. The molecule has 0 aliphatic heterocycles. The Morgan fingerprint density at radius 1 is 1.60 bits per heavy atom. The van der Waals surface area contributed by atoms with E-state index in [2.05, 4.69) is 9.72 Å². The number of rotatable bonds is 2. The van der Waals surface area contributed by atoms with Crippen molar-refractivity contribution in [1.29, 1.82) is 0 Å². The van der Waals surface area contributed by atoms with Crippen molar-refractivity contribution in [2.24, 2.45) is 0 Å². The number of hydrogen-bond acceptors (Lipinski definition) is 3. The maximum absolute atomic E-state index is 12.7. The minimum Gasteiger partial charge on any atom is -0.464 e. The molecule has 0 bridgehead atoms. The minimum absolute atomic E-state index is 0.308. The molecular formula is C9H8F2INO2. The number of carbonyl (C=O) groups is 1. The lowest BCUT2D eigenvalue weighted by Crippen LogP contribution is -2.11. The van der Waals surface area contributed by atoms with Gasteiger partial charge in [0.2, 0.25) is 0 Å². The summed E-state index contributed by atoms with van der Waals surface area (Å²) in [6.07, 6.45) is -2.73. The smallest absolute Gasteiger partial charge is 0.357 e. The maximum Gasteiger partial charge on any atom is 0.357 e. The monoisotopic (exact) mass is 327 g/mol. The van der Waals surface area contributed by atoms with E-state index in [-0.39, 0.29) is 11.3 Å². The molecule has 0 unspecified atom stereocenters. The number of ether oxygens (including phenoxy) is 1. The van der Waals surface area contributed by atoms with Gasteiger partial charge in [0, 0.05) is 0 Å². The molecule has 0 aliphatic rings. The summed E-state index contributed by atoms with van der Waals surface area (Å²) >= 11 is 1.86. The van der Waals surface area contributed by atoms with Gasteiger partial charge in [-0.05, 0) is 41.1 Å². The van der Waals surface area contributed by atoms with Crippen LogP contribution in [0.25, 0.3) is 0 Å². The SMILES string of the molecule is COC(=O)c1nc(I)cc(C)c1C(F)F. The van der Waals surface area contributed by atoms with Crippen molar-refractivity contribution < 1.29 is 18.3 Å². The molecule has 0 aromatic carbocycles. The van der Waals surface area contributed by atoms with E-state index in [1.165, 1.54) is 13.0 Å². The van der Waals surface area contributed by atoms with E-state index in [4.69, 9.17) is 0 Å². The number of alkyl halides is 2. The van der Waals surface area contributed by atoms with E-state index in [1.807, 2.05) is 22.6 Å². The Bertz CT molecular complexity index is 396. The lowest BCUT2D eigenvalue weighted by Gasteiger charge is -2.09. The van der Waals surface area contributed by atoms with Gasteiger partial charge in [-0.25, -0.2) is 18.6 Å². The highest BCUT2D eigenvalue weighted by atomic mass is 127. The third kappa shape index (κ3) is 2.61. The van der Waals surface area contributed by atoms with Gasteiger partial charge in [-0.3, -0.25) is 0 Å². The van der Waals surface area contributed by atoms with Gasteiger partial charge < -0.3 is 4.74 Å². The first-order valence-electron chi connectivity index (χ1n) is 4.01. The summed E-state index contributed by atoms with van der Waals surface area (Å²) in [5.74, 6) is -0.841. The van der Waals surface area contributed by atoms with E-state index >= 15 is 0 Å². The van der Waals surface area contributed by atoms with Crippen molar-refractivity contribution in [3.8, 4) is 0 Å². The van der Waals surface area contributed by atoms with Crippen LogP contribution in [0, 0.1) is 10.6 Å². The average molecular weight is 327 g/mol. The summed E-state index contributed by atoms with van der Waals surface area (Å²) in [7, 11) is 1.13. The van der Waals surface area contributed by atoms with Crippen molar-refractivity contribution in [3.05, 3.63) is 26.6 Å². The van der Waals surface area contributed by atoms with Crippen molar-refractivity contribution in [1.82, 2.24) is 4.98 Å². The van der Waals surface area contributed by atoms with Crippen LogP contribution in [0.2, 0.25) is 0 Å². The van der Waals surface area contributed by atoms with Gasteiger partial charge in [0.25, 0.3) is 6.43 Å². The van der Waals surface area contributed by atoms with E-state index in [0.717, 1.165) is 7.11 Å². The third-order valence-electron chi connectivity index (χ3n) is 1.83. The Labute approximate surface area is 99.0 Å². The molecule has 0 saturated heterocycles. The fourth-order valence-electron chi connectivity index (χ4n) is 1.17. The van der Waals surface area contributed by atoms with E-state index in [1.54, 1.807) is 0 Å². The molecule has 0 saturated carbocycles. The number of hydrogen-bond donors (Lipinski definition) is 0. The van der Waals surface area contributed by atoms with Gasteiger partial charge in [-0.15, -0.1) is 0 Å². The number of halogens is 3. The fourth-order valence-corrected chi connectivity index (χ4v) is 1.88. The van der Waals surface area contributed by atoms with Gasteiger partial charge in [-0.2, -0.15) is 0 Å². The Morgan fingerprint density at radius 3 is 2.67 bits per heavy atom. The molecule has 0 amide bonds. The fraction of sp³-hybridized carbons (Fsp3) is 0.333. The van der Waals surface area contributed by atoms with Gasteiger partial charge >= 0.3 is 5.97 Å². The van der Waals surface area contributed by atoms with Crippen LogP contribution in [0.1, 0.15) is 28.0 Å². The van der Waals surface area contributed by atoms with Crippen molar-refractivity contribution in [2.75, 3.05) is 7.11 Å². The Balaban J connectivity index is 3.40. The molecule has 15 heavy (non-hydrogen) atoms. The maximum atomic E-state index is 12.7. The molecule has 1 rings (SSSR count). The van der Waals surface area contributed by atoms with Crippen molar-refractivity contribution in [3.63, 3.8) is 0 Å². The van der Waals surface area contributed by atoms with Crippen molar-refractivity contribution >= 4 is 28.6 Å². The first kappa shape index (κ1) is 12.3. The first-order valence-corrected chi connectivity index (χ1v) is 5.08. The highest BCUT2D eigenvalue weighted by Gasteiger charge is 2.23. The predicted molar refractivity (Wildman–Crippen MR) is 58.0 cm³/mol. The molecular weight excluding hydrogens is 319 g/mol. The summed E-state index contributed by atoms with van der Waals surface area (Å²) in [5.41, 5.74) is -0.330. The van der Waals surface area contributed by atoms with Crippen molar-refractivity contribution in [2.45, 2.75) is 13.3 Å². The summed E-state index contributed by atoms with van der Waals surface area (Å²) in [5, 5.41) is 0. The number of aryl methyl sites for hydroxylation is 1. The molecule has 1 aromatic rings. The molecule has 3 nitrogen and oxygen atoms in total. The van der Waals surface area contributed by atoms with Gasteiger partial charge in [0.1, 0.15) is 3.70 Å². The number of esters is 1. The third-order valence-corrected chi connectivity index (χ3v) is 2.38. The average Bonchev–Trinajstić information content (AvgIpc) is 2.14. The minimum atomic E-state index is -2.73. The highest BCUT2D eigenvalue weighted by Crippen LogP contribution is 2.26. The van der Waals surface area contributed by atoms with Crippen LogP contribution in [0.4, 0.5) is 8.78 Å². The van der Waals surface area contributed by atoms with Crippen LogP contribution in [0.3, 0.4) is 0 Å². The summed E-state index contributed by atoms with van der Waals surface area (Å²) in [6, 6.07) is 1.49. The van der Waals surface area contributed by atoms with E-state index in [0.29, 0.717) is 9.26 Å². The second-order valence-corrected chi connectivity index (χ2v) is 3.92. The zero-order chi connectivity index (χ0) is 11.6. The molecule has 82 valence electrons. The van der Waals surface area contributed by atoms with Crippen LogP contribution in [-0.2, 0) is 4.74 Å². The summed E-state index contributed by atoms with van der Waals surface area (Å²) in [4.78, 5) is 15.0. The quantitative estimate of drug-likeness (QED) is 0.476. The molecule has 0 fully saturated rings. The molecule has 6 heteroatoms. The number of pyridine rings is 1. The molecule has 0 atom stereocenters. The number of methoxy groups -OCH3 is 1. The molecule has 1 heterocycles.